The molecule has 0 spiro atoms. The number of ether oxygens (including phenoxy) is 1. The molecule has 0 unspecified atom stereocenters. The molecule has 6 nitrogen and oxygen atoms in total. The zero-order valence-corrected chi connectivity index (χ0v) is 10.5. The van der Waals surface area contributed by atoms with Gasteiger partial charge < -0.3 is 10.5 Å². The summed E-state index contributed by atoms with van der Waals surface area (Å²) in [6.45, 7) is 0.265. The first kappa shape index (κ1) is 13.5. The number of carbonyl (C=O) groups excluding carboxylic acids is 1. The van der Waals surface area contributed by atoms with Gasteiger partial charge in [-0.05, 0) is 24.5 Å². The summed E-state index contributed by atoms with van der Waals surface area (Å²) >= 11 is 0. The number of non-ortho nitro benzene ring substituents is 1. The van der Waals surface area contributed by atoms with Crippen LogP contribution >= 0.6 is 0 Å². The molecule has 19 heavy (non-hydrogen) atoms. The van der Waals surface area contributed by atoms with Crippen LogP contribution in [0.15, 0.2) is 18.2 Å². The van der Waals surface area contributed by atoms with Gasteiger partial charge in [0.15, 0.2) is 0 Å². The van der Waals surface area contributed by atoms with Gasteiger partial charge in [0.25, 0.3) is 5.69 Å². The summed E-state index contributed by atoms with van der Waals surface area (Å²) < 4.78 is 5.70. The summed E-state index contributed by atoms with van der Waals surface area (Å²) in [4.78, 5) is 21.5. The Labute approximate surface area is 110 Å². The van der Waals surface area contributed by atoms with Crippen LogP contribution in [0.25, 0.3) is 0 Å². The van der Waals surface area contributed by atoms with Crippen LogP contribution in [-0.2, 0) is 11.3 Å². The molecule has 2 rings (SSSR count). The second-order valence-electron chi connectivity index (χ2n) is 4.68. The summed E-state index contributed by atoms with van der Waals surface area (Å²) in [6, 6.07) is 4.10. The maximum Gasteiger partial charge on any atom is 0.270 e. The van der Waals surface area contributed by atoms with Crippen LogP contribution in [0.2, 0.25) is 0 Å². The fourth-order valence-electron chi connectivity index (χ4n) is 2.30. The van der Waals surface area contributed by atoms with Gasteiger partial charge in [-0.2, -0.15) is 0 Å². The minimum absolute atomic E-state index is 0.140. The lowest BCUT2D eigenvalue weighted by molar-refractivity contribution is -0.384. The Morgan fingerprint density at radius 2 is 2.11 bits per heavy atom. The first-order chi connectivity index (χ1) is 9.08. The summed E-state index contributed by atoms with van der Waals surface area (Å²) in [5.41, 5.74) is 5.87. The zero-order valence-electron chi connectivity index (χ0n) is 10.5. The predicted octanol–water partition coefficient (Wildman–Crippen LogP) is 2.15. The van der Waals surface area contributed by atoms with E-state index in [1.165, 1.54) is 18.2 Å². The Bertz CT molecular complexity index is 495. The number of nitrogens with two attached hydrogens (primary N) is 1. The molecule has 2 N–H and O–H groups in total. The fraction of sp³-hybridized carbons (Fsp3) is 0.462. The van der Waals surface area contributed by atoms with Crippen LogP contribution in [-0.4, -0.2) is 16.9 Å². The smallest absolute Gasteiger partial charge is 0.270 e. The first-order valence-corrected chi connectivity index (χ1v) is 6.26. The highest BCUT2D eigenvalue weighted by Crippen LogP contribution is 2.24. The van der Waals surface area contributed by atoms with Crippen molar-refractivity contribution in [1.82, 2.24) is 0 Å². The number of hydrogen-bond donors (Lipinski definition) is 1. The number of primary amides is 1. The van der Waals surface area contributed by atoms with Crippen molar-refractivity contribution in [2.45, 2.75) is 38.4 Å². The Balaban J connectivity index is 2.14. The number of benzene rings is 1. The standard InChI is InChI=1S/C13H16N2O4/c14-13(16)12-7-10(15(17)18)6-5-9(12)8-19-11-3-1-2-4-11/h5-7,11H,1-4,8H2,(H2,14,16). The van der Waals surface area contributed by atoms with E-state index in [0.717, 1.165) is 25.7 Å². The Morgan fingerprint density at radius 1 is 1.42 bits per heavy atom. The normalized spacial score (nSPS) is 15.6. The van der Waals surface area contributed by atoms with Crippen molar-refractivity contribution in [1.29, 1.82) is 0 Å². The van der Waals surface area contributed by atoms with E-state index >= 15 is 0 Å². The number of nitrogens with zero attached hydrogens (tertiary/aromatic N) is 1. The Morgan fingerprint density at radius 3 is 2.68 bits per heavy atom. The third kappa shape index (κ3) is 3.29. The molecule has 0 aliphatic heterocycles. The van der Waals surface area contributed by atoms with Gasteiger partial charge >= 0.3 is 0 Å². The molecule has 1 aromatic carbocycles. The van der Waals surface area contributed by atoms with E-state index < -0.39 is 10.8 Å². The van der Waals surface area contributed by atoms with Crippen LogP contribution in [0.4, 0.5) is 5.69 Å². The molecule has 0 atom stereocenters. The molecule has 0 radical (unpaired) electrons. The summed E-state index contributed by atoms with van der Waals surface area (Å²) in [7, 11) is 0. The lowest BCUT2D eigenvalue weighted by Crippen LogP contribution is -2.16. The molecular formula is C13H16N2O4. The molecule has 0 heterocycles. The van der Waals surface area contributed by atoms with E-state index in [1.54, 1.807) is 0 Å². The molecular weight excluding hydrogens is 248 g/mol. The lowest BCUT2D eigenvalue weighted by atomic mass is 10.1. The SMILES string of the molecule is NC(=O)c1cc([N+](=O)[O-])ccc1COC1CCCC1. The maximum absolute atomic E-state index is 11.3. The maximum atomic E-state index is 11.3. The molecule has 0 saturated heterocycles. The van der Waals surface area contributed by atoms with Gasteiger partial charge in [-0.25, -0.2) is 0 Å². The second-order valence-corrected chi connectivity index (χ2v) is 4.68. The van der Waals surface area contributed by atoms with Crippen molar-refractivity contribution in [3.05, 3.63) is 39.4 Å². The number of amides is 1. The van der Waals surface area contributed by atoms with Gasteiger partial charge in [0.05, 0.1) is 23.2 Å². The number of nitro groups is 1. The van der Waals surface area contributed by atoms with E-state index in [1.807, 2.05) is 0 Å². The molecule has 1 aliphatic carbocycles. The van der Waals surface area contributed by atoms with Crippen LogP contribution in [0.1, 0.15) is 41.6 Å². The summed E-state index contributed by atoms with van der Waals surface area (Å²) in [5.74, 6) is -0.672. The van der Waals surface area contributed by atoms with E-state index in [2.05, 4.69) is 0 Å². The molecule has 1 fully saturated rings. The quantitative estimate of drug-likeness (QED) is 0.651. The largest absolute Gasteiger partial charge is 0.374 e. The van der Waals surface area contributed by atoms with E-state index in [0.29, 0.717) is 5.56 Å². The van der Waals surface area contributed by atoms with Crippen LogP contribution in [0, 0.1) is 10.1 Å². The van der Waals surface area contributed by atoms with E-state index in [4.69, 9.17) is 10.5 Å². The van der Waals surface area contributed by atoms with Gasteiger partial charge in [-0.1, -0.05) is 12.8 Å². The molecule has 1 aliphatic rings. The average Bonchev–Trinajstić information content (AvgIpc) is 2.89. The Kier molecular flexibility index (Phi) is 4.11. The number of carbonyl (C=O) groups is 1. The van der Waals surface area contributed by atoms with Crippen molar-refractivity contribution < 1.29 is 14.5 Å². The fourth-order valence-corrected chi connectivity index (χ4v) is 2.30. The van der Waals surface area contributed by atoms with Crippen molar-refractivity contribution in [3.63, 3.8) is 0 Å². The third-order valence-electron chi connectivity index (χ3n) is 3.35. The van der Waals surface area contributed by atoms with Crippen LogP contribution in [0.5, 0.6) is 0 Å². The third-order valence-corrected chi connectivity index (χ3v) is 3.35. The minimum Gasteiger partial charge on any atom is -0.374 e. The van der Waals surface area contributed by atoms with Crippen molar-refractivity contribution in [3.8, 4) is 0 Å². The van der Waals surface area contributed by atoms with Gasteiger partial charge in [0, 0.05) is 12.1 Å². The molecule has 6 heteroatoms. The molecule has 0 bridgehead atoms. The molecule has 102 valence electrons. The Hall–Kier alpha value is -1.95. The van der Waals surface area contributed by atoms with Gasteiger partial charge in [-0.15, -0.1) is 0 Å². The number of nitro benzene ring substituents is 1. The van der Waals surface area contributed by atoms with Crippen LogP contribution in [0.3, 0.4) is 0 Å². The van der Waals surface area contributed by atoms with Crippen molar-refractivity contribution in [2.75, 3.05) is 0 Å². The van der Waals surface area contributed by atoms with E-state index in [-0.39, 0.29) is 24.0 Å². The van der Waals surface area contributed by atoms with Crippen LogP contribution < -0.4 is 5.73 Å². The van der Waals surface area contributed by atoms with Crippen molar-refractivity contribution in [2.24, 2.45) is 5.73 Å². The molecule has 0 aromatic heterocycles. The molecule has 1 saturated carbocycles. The minimum atomic E-state index is -0.672. The van der Waals surface area contributed by atoms with Crippen molar-refractivity contribution >= 4 is 11.6 Å². The average molecular weight is 264 g/mol. The highest BCUT2D eigenvalue weighted by atomic mass is 16.6. The topological polar surface area (TPSA) is 95.5 Å². The molecule has 1 amide bonds. The monoisotopic (exact) mass is 264 g/mol. The van der Waals surface area contributed by atoms with Gasteiger partial charge in [0.2, 0.25) is 5.91 Å². The van der Waals surface area contributed by atoms with Gasteiger partial charge in [-0.3, -0.25) is 14.9 Å². The zero-order chi connectivity index (χ0) is 13.8. The predicted molar refractivity (Wildman–Crippen MR) is 68.7 cm³/mol. The lowest BCUT2D eigenvalue weighted by Gasteiger charge is -2.12. The highest BCUT2D eigenvalue weighted by molar-refractivity contribution is 5.95. The number of rotatable bonds is 5. The van der Waals surface area contributed by atoms with E-state index in [9.17, 15) is 14.9 Å². The number of hydrogen-bond acceptors (Lipinski definition) is 4. The summed E-state index contributed by atoms with van der Waals surface area (Å²) in [5, 5.41) is 10.7. The first-order valence-electron chi connectivity index (χ1n) is 6.26. The second kappa shape index (κ2) is 5.79. The molecule has 1 aromatic rings. The summed E-state index contributed by atoms with van der Waals surface area (Å²) in [6.07, 6.45) is 4.59. The highest BCUT2D eigenvalue weighted by Gasteiger charge is 2.18. The van der Waals surface area contributed by atoms with Gasteiger partial charge in [0.1, 0.15) is 0 Å².